The lowest BCUT2D eigenvalue weighted by atomic mass is 9.61. The van der Waals surface area contributed by atoms with Gasteiger partial charge in [0.1, 0.15) is 0 Å². The van der Waals surface area contributed by atoms with Gasteiger partial charge in [0.25, 0.3) is 0 Å². The Labute approximate surface area is 197 Å². The quantitative estimate of drug-likeness (QED) is 0.237. The topological polar surface area (TPSA) is 26.3 Å². The Balaban J connectivity index is 1.27. The van der Waals surface area contributed by atoms with Crippen molar-refractivity contribution in [1.82, 2.24) is 0 Å². The third kappa shape index (κ3) is 5.58. The molecule has 1 aromatic carbocycles. The zero-order valence-electron chi connectivity index (χ0n) is 19.7. The van der Waals surface area contributed by atoms with Gasteiger partial charge in [-0.05, 0) is 118 Å². The minimum atomic E-state index is -1.07. The maximum atomic E-state index is 14.4. The van der Waals surface area contributed by atoms with Crippen LogP contribution in [0.15, 0.2) is 37.4 Å². The Morgan fingerprint density at radius 3 is 2.21 bits per heavy atom. The second-order valence-electron chi connectivity index (χ2n) is 10.6. The smallest absolute Gasteiger partial charge is 0.314 e. The summed E-state index contributed by atoms with van der Waals surface area (Å²) in [6.45, 7) is 7.61. The molecule has 0 aliphatic heterocycles. The molecule has 180 valence electrons. The number of rotatable bonds is 7. The zero-order chi connectivity index (χ0) is 23.4. The van der Waals surface area contributed by atoms with Crippen LogP contribution in [-0.2, 0) is 11.2 Å². The second-order valence-corrected chi connectivity index (χ2v) is 10.6. The number of ether oxygens (including phenoxy) is 1. The predicted molar refractivity (Wildman–Crippen MR) is 128 cm³/mol. The molecular weight excluding hydrogens is 418 g/mol. The van der Waals surface area contributed by atoms with Crippen LogP contribution >= 0.6 is 0 Å². The Morgan fingerprint density at radius 1 is 0.879 bits per heavy atom. The molecule has 3 fully saturated rings. The van der Waals surface area contributed by atoms with Gasteiger partial charge in [-0.2, -0.15) is 4.39 Å². The third-order valence-corrected chi connectivity index (χ3v) is 8.75. The molecule has 0 bridgehead atoms. The molecule has 3 aliphatic rings. The number of halogens is 2. The largest absolute Gasteiger partial charge is 0.423 e. The third-order valence-electron chi connectivity index (χ3n) is 8.75. The number of carbonyl (C=O) groups excluding carboxylic acids is 1. The SMILES string of the molecule is C=CCCc1ccc(OC(=O)C2CCC(C3CCC4CC(C=C)CCC4C3)CC2)c(F)c1F. The van der Waals surface area contributed by atoms with Crippen LogP contribution in [0.4, 0.5) is 8.78 Å². The minimum absolute atomic E-state index is 0.219. The molecule has 0 amide bonds. The summed E-state index contributed by atoms with van der Waals surface area (Å²) in [5.41, 5.74) is 0.278. The van der Waals surface area contributed by atoms with Gasteiger partial charge in [0.15, 0.2) is 11.6 Å². The van der Waals surface area contributed by atoms with E-state index in [2.05, 4.69) is 19.2 Å². The van der Waals surface area contributed by atoms with E-state index in [-0.39, 0.29) is 17.2 Å². The van der Waals surface area contributed by atoms with Gasteiger partial charge >= 0.3 is 5.97 Å². The maximum Gasteiger partial charge on any atom is 0.314 e. The average molecular weight is 457 g/mol. The van der Waals surface area contributed by atoms with E-state index in [0.717, 1.165) is 43.4 Å². The minimum Gasteiger partial charge on any atom is -0.423 e. The van der Waals surface area contributed by atoms with E-state index in [4.69, 9.17) is 4.74 Å². The lowest BCUT2D eigenvalue weighted by Crippen LogP contribution is -2.35. The van der Waals surface area contributed by atoms with E-state index in [0.29, 0.717) is 24.7 Å². The first-order valence-electron chi connectivity index (χ1n) is 12.9. The van der Waals surface area contributed by atoms with Gasteiger partial charge in [-0.1, -0.05) is 18.2 Å². The van der Waals surface area contributed by atoms with Crippen LogP contribution in [0.3, 0.4) is 0 Å². The van der Waals surface area contributed by atoms with Gasteiger partial charge in [0, 0.05) is 0 Å². The first-order chi connectivity index (χ1) is 16.0. The summed E-state index contributed by atoms with van der Waals surface area (Å²) in [6.07, 6.45) is 16.4. The van der Waals surface area contributed by atoms with Crippen LogP contribution in [-0.4, -0.2) is 5.97 Å². The molecule has 4 unspecified atom stereocenters. The first-order valence-corrected chi connectivity index (χ1v) is 12.9. The molecule has 0 heterocycles. The Kier molecular flexibility index (Phi) is 8.03. The molecule has 0 aromatic heterocycles. The number of hydrogen-bond acceptors (Lipinski definition) is 2. The van der Waals surface area contributed by atoms with E-state index in [1.165, 1.54) is 50.7 Å². The number of aryl methyl sites for hydroxylation is 1. The van der Waals surface area contributed by atoms with Crippen molar-refractivity contribution in [2.45, 2.75) is 77.0 Å². The highest BCUT2D eigenvalue weighted by molar-refractivity contribution is 5.75. The number of hydrogen-bond donors (Lipinski definition) is 0. The molecule has 0 radical (unpaired) electrons. The first kappa shape index (κ1) is 24.2. The molecule has 1 aromatic rings. The highest BCUT2D eigenvalue weighted by Crippen LogP contribution is 2.49. The lowest BCUT2D eigenvalue weighted by molar-refractivity contribution is -0.140. The fraction of sp³-hybridized carbons (Fsp3) is 0.621. The van der Waals surface area contributed by atoms with Crippen LogP contribution in [0, 0.1) is 47.1 Å². The highest BCUT2D eigenvalue weighted by Gasteiger charge is 2.39. The Bertz CT molecular complexity index is 855. The predicted octanol–water partition coefficient (Wildman–Crippen LogP) is 7.81. The second kappa shape index (κ2) is 11.0. The van der Waals surface area contributed by atoms with Crippen molar-refractivity contribution in [3.63, 3.8) is 0 Å². The summed E-state index contributed by atoms with van der Waals surface area (Å²) < 4.78 is 34.0. The summed E-state index contributed by atoms with van der Waals surface area (Å²) in [5, 5.41) is 0. The van der Waals surface area contributed by atoms with Crippen molar-refractivity contribution in [3.8, 4) is 5.75 Å². The molecule has 3 saturated carbocycles. The summed E-state index contributed by atoms with van der Waals surface area (Å²) in [5.74, 6) is 0.994. The molecule has 4 atom stereocenters. The van der Waals surface area contributed by atoms with Gasteiger partial charge in [0.2, 0.25) is 5.82 Å². The molecular formula is C29H38F2O2. The molecule has 3 aliphatic carbocycles. The van der Waals surface area contributed by atoms with Crippen LogP contribution in [0.2, 0.25) is 0 Å². The number of fused-ring (bicyclic) bond motifs is 1. The van der Waals surface area contributed by atoms with Gasteiger partial charge < -0.3 is 4.74 Å². The van der Waals surface area contributed by atoms with Crippen molar-refractivity contribution >= 4 is 5.97 Å². The molecule has 0 saturated heterocycles. The molecule has 2 nitrogen and oxygen atoms in total. The van der Waals surface area contributed by atoms with Gasteiger partial charge in [0.05, 0.1) is 5.92 Å². The van der Waals surface area contributed by atoms with E-state index in [9.17, 15) is 13.6 Å². The number of benzene rings is 1. The van der Waals surface area contributed by atoms with Crippen molar-refractivity contribution in [3.05, 3.63) is 54.6 Å². The summed E-state index contributed by atoms with van der Waals surface area (Å²) in [7, 11) is 0. The standard InChI is InChI=1S/C29H38F2O2/c1-3-5-6-21-15-16-26(28(31)27(21)30)33-29(32)22-11-9-20(10-12-22)24-14-13-23-17-19(4-2)7-8-25(23)18-24/h3-4,15-16,19-20,22-25H,1-2,5-14,17-18H2. The normalized spacial score (nSPS) is 31.9. The van der Waals surface area contributed by atoms with Crippen LogP contribution in [0.1, 0.15) is 76.2 Å². The Morgan fingerprint density at radius 2 is 1.52 bits per heavy atom. The molecule has 0 N–H and O–H groups in total. The van der Waals surface area contributed by atoms with Crippen molar-refractivity contribution in [2.24, 2.45) is 35.5 Å². The number of carbonyl (C=O) groups is 1. The van der Waals surface area contributed by atoms with Gasteiger partial charge in [-0.3, -0.25) is 4.79 Å². The monoisotopic (exact) mass is 456 g/mol. The fourth-order valence-corrected chi connectivity index (χ4v) is 6.72. The van der Waals surface area contributed by atoms with Gasteiger partial charge in [-0.25, -0.2) is 4.39 Å². The maximum absolute atomic E-state index is 14.4. The van der Waals surface area contributed by atoms with E-state index in [1.54, 1.807) is 6.08 Å². The summed E-state index contributed by atoms with van der Waals surface area (Å²) >= 11 is 0. The van der Waals surface area contributed by atoms with E-state index >= 15 is 0 Å². The van der Waals surface area contributed by atoms with E-state index in [1.807, 2.05) is 0 Å². The van der Waals surface area contributed by atoms with Crippen LogP contribution in [0.5, 0.6) is 5.75 Å². The fourth-order valence-electron chi connectivity index (χ4n) is 6.72. The van der Waals surface area contributed by atoms with Crippen molar-refractivity contribution in [2.75, 3.05) is 0 Å². The zero-order valence-corrected chi connectivity index (χ0v) is 19.7. The molecule has 0 spiro atoms. The number of esters is 1. The van der Waals surface area contributed by atoms with Gasteiger partial charge in [-0.15, -0.1) is 13.2 Å². The Hall–Kier alpha value is -1.97. The summed E-state index contributed by atoms with van der Waals surface area (Å²) in [6, 6.07) is 2.88. The number of allylic oxidation sites excluding steroid dienone is 2. The molecule has 33 heavy (non-hydrogen) atoms. The molecule has 4 heteroatoms. The van der Waals surface area contributed by atoms with Crippen molar-refractivity contribution < 1.29 is 18.3 Å². The summed E-state index contributed by atoms with van der Waals surface area (Å²) in [4.78, 5) is 12.7. The van der Waals surface area contributed by atoms with Crippen molar-refractivity contribution in [1.29, 1.82) is 0 Å². The average Bonchev–Trinajstić information content (AvgIpc) is 2.85. The van der Waals surface area contributed by atoms with Crippen LogP contribution in [0.25, 0.3) is 0 Å². The lowest BCUT2D eigenvalue weighted by Gasteiger charge is -2.45. The highest BCUT2D eigenvalue weighted by atomic mass is 19.2. The molecule has 4 rings (SSSR count). The van der Waals surface area contributed by atoms with E-state index < -0.39 is 17.6 Å². The van der Waals surface area contributed by atoms with Crippen LogP contribution < -0.4 is 4.74 Å².